The Morgan fingerprint density at radius 2 is 1.93 bits per heavy atom. The van der Waals surface area contributed by atoms with Crippen LogP contribution in [0.5, 0.6) is 11.5 Å². The average Bonchev–Trinajstić information content (AvgIpc) is 2.98. The highest BCUT2D eigenvalue weighted by atomic mass is 19.1. The Morgan fingerprint density at radius 3 is 2.67 bits per heavy atom. The second-order valence-corrected chi connectivity index (χ2v) is 7.57. The zero-order chi connectivity index (χ0) is 18.8. The molecule has 0 spiro atoms. The molecule has 1 saturated heterocycles. The molecule has 27 heavy (non-hydrogen) atoms. The van der Waals surface area contributed by atoms with Crippen molar-refractivity contribution in [2.45, 2.75) is 38.1 Å². The predicted octanol–water partition coefficient (Wildman–Crippen LogP) is 4.13. The molecule has 1 heterocycles. The van der Waals surface area contributed by atoms with E-state index in [1.807, 2.05) is 29.2 Å². The average molecular weight is 368 g/mol. The summed E-state index contributed by atoms with van der Waals surface area (Å²) in [4.78, 5) is 14.8. The van der Waals surface area contributed by atoms with Crippen molar-refractivity contribution in [2.75, 3.05) is 13.1 Å². The van der Waals surface area contributed by atoms with Crippen molar-refractivity contribution < 1.29 is 13.9 Å². The smallest absolute Gasteiger partial charge is 0.257 e. The number of amides is 1. The van der Waals surface area contributed by atoms with Crippen molar-refractivity contribution in [3.63, 3.8) is 0 Å². The van der Waals surface area contributed by atoms with Crippen molar-refractivity contribution in [3.05, 3.63) is 59.4 Å². The molecule has 2 aliphatic rings. The van der Waals surface area contributed by atoms with Gasteiger partial charge in [-0.1, -0.05) is 18.6 Å². The molecule has 1 aliphatic carbocycles. The van der Waals surface area contributed by atoms with Crippen molar-refractivity contribution >= 4 is 5.91 Å². The lowest BCUT2D eigenvalue weighted by Crippen LogP contribution is -2.35. The first-order valence-electron chi connectivity index (χ1n) is 9.71. The second-order valence-electron chi connectivity index (χ2n) is 7.57. The van der Waals surface area contributed by atoms with Gasteiger partial charge in [0.1, 0.15) is 17.3 Å². The SMILES string of the molecule is NCCc1ccc(Oc2ccc(F)c(C(=O)N3C[C@@H]4CCC[C@H]3C4)c2)cc1. The van der Waals surface area contributed by atoms with E-state index in [2.05, 4.69) is 0 Å². The number of hydrogen-bond donors (Lipinski definition) is 1. The second kappa shape index (κ2) is 7.69. The largest absolute Gasteiger partial charge is 0.457 e. The van der Waals surface area contributed by atoms with Crippen molar-refractivity contribution in [2.24, 2.45) is 11.7 Å². The first-order valence-corrected chi connectivity index (χ1v) is 9.71. The molecular formula is C22H25FN2O2. The van der Waals surface area contributed by atoms with Gasteiger partial charge >= 0.3 is 0 Å². The van der Waals surface area contributed by atoms with Gasteiger partial charge in [0.15, 0.2) is 0 Å². The van der Waals surface area contributed by atoms with Crippen LogP contribution in [0.25, 0.3) is 0 Å². The number of carbonyl (C=O) groups is 1. The molecule has 1 amide bonds. The number of likely N-dealkylation sites (tertiary alicyclic amines) is 1. The van der Waals surface area contributed by atoms with Gasteiger partial charge in [0, 0.05) is 12.6 Å². The molecule has 1 saturated carbocycles. The van der Waals surface area contributed by atoms with E-state index in [0.29, 0.717) is 24.0 Å². The van der Waals surface area contributed by atoms with Crippen LogP contribution < -0.4 is 10.5 Å². The number of benzene rings is 2. The Morgan fingerprint density at radius 1 is 1.15 bits per heavy atom. The molecule has 4 nitrogen and oxygen atoms in total. The van der Waals surface area contributed by atoms with Gasteiger partial charge in [-0.3, -0.25) is 4.79 Å². The third-order valence-corrected chi connectivity index (χ3v) is 5.67. The Hall–Kier alpha value is -2.40. The van der Waals surface area contributed by atoms with Crippen LogP contribution in [0.2, 0.25) is 0 Å². The fourth-order valence-electron chi connectivity index (χ4n) is 4.30. The Labute approximate surface area is 159 Å². The molecule has 2 aromatic carbocycles. The third-order valence-electron chi connectivity index (χ3n) is 5.67. The standard InChI is InChI=1S/C22H25FN2O2/c23-21-9-8-19(27-18-6-4-15(5-7-18)10-11-24)13-20(21)22(26)25-14-16-2-1-3-17(25)12-16/h4-9,13,16-17H,1-3,10-12,14,24H2/t16-,17+/m1/s1. The first kappa shape index (κ1) is 18.0. The molecule has 4 rings (SSSR count). The maximum Gasteiger partial charge on any atom is 0.257 e. The van der Waals surface area contributed by atoms with E-state index < -0.39 is 5.82 Å². The normalized spacial score (nSPS) is 21.3. The van der Waals surface area contributed by atoms with Crippen molar-refractivity contribution in [1.29, 1.82) is 0 Å². The number of carbonyl (C=O) groups excluding carboxylic acids is 1. The summed E-state index contributed by atoms with van der Waals surface area (Å²) in [6.07, 6.45) is 5.22. The highest BCUT2D eigenvalue weighted by molar-refractivity contribution is 5.95. The lowest BCUT2D eigenvalue weighted by atomic mass is 9.90. The molecule has 2 aromatic rings. The number of rotatable bonds is 5. The minimum atomic E-state index is -0.493. The van der Waals surface area contributed by atoms with Gasteiger partial charge < -0.3 is 15.4 Å². The minimum Gasteiger partial charge on any atom is -0.457 e. The topological polar surface area (TPSA) is 55.6 Å². The molecule has 2 N–H and O–H groups in total. The van der Waals surface area contributed by atoms with Gasteiger partial charge in [-0.15, -0.1) is 0 Å². The molecule has 2 fully saturated rings. The maximum atomic E-state index is 14.4. The quantitative estimate of drug-likeness (QED) is 0.863. The molecule has 5 heteroatoms. The van der Waals surface area contributed by atoms with Gasteiger partial charge in [-0.05, 0) is 74.0 Å². The Kier molecular flexibility index (Phi) is 5.12. The van der Waals surface area contributed by atoms with Crippen LogP contribution in [0.1, 0.15) is 41.6 Å². The van der Waals surface area contributed by atoms with Crippen molar-refractivity contribution in [1.82, 2.24) is 4.90 Å². The zero-order valence-electron chi connectivity index (χ0n) is 15.4. The number of halogens is 1. The molecule has 0 unspecified atom stereocenters. The van der Waals surface area contributed by atoms with Crippen LogP contribution in [0.15, 0.2) is 42.5 Å². The lowest BCUT2D eigenvalue weighted by Gasteiger charge is -2.25. The van der Waals surface area contributed by atoms with Crippen molar-refractivity contribution in [3.8, 4) is 11.5 Å². The first-order chi connectivity index (χ1) is 13.1. The molecule has 0 aromatic heterocycles. The number of ether oxygens (including phenoxy) is 1. The summed E-state index contributed by atoms with van der Waals surface area (Å²) in [5.74, 6) is 0.978. The van der Waals surface area contributed by atoms with Crippen LogP contribution in [0.3, 0.4) is 0 Å². The summed E-state index contributed by atoms with van der Waals surface area (Å²) in [6, 6.07) is 12.3. The summed E-state index contributed by atoms with van der Waals surface area (Å²) < 4.78 is 20.2. The van der Waals surface area contributed by atoms with Crippen LogP contribution in [-0.2, 0) is 6.42 Å². The zero-order valence-corrected chi connectivity index (χ0v) is 15.4. The Balaban J connectivity index is 1.52. The minimum absolute atomic E-state index is 0.0970. The number of fused-ring (bicyclic) bond motifs is 2. The molecule has 142 valence electrons. The molecule has 2 atom stereocenters. The number of hydrogen-bond acceptors (Lipinski definition) is 3. The number of nitrogens with zero attached hydrogens (tertiary/aromatic N) is 1. The van der Waals surface area contributed by atoms with Gasteiger partial charge in [-0.2, -0.15) is 0 Å². The highest BCUT2D eigenvalue weighted by Crippen LogP contribution is 2.36. The molecular weight excluding hydrogens is 343 g/mol. The number of nitrogens with two attached hydrogens (primary N) is 1. The fourth-order valence-corrected chi connectivity index (χ4v) is 4.30. The van der Waals surface area contributed by atoms with Crippen LogP contribution in [-0.4, -0.2) is 29.9 Å². The van der Waals surface area contributed by atoms with E-state index in [1.165, 1.54) is 18.6 Å². The van der Waals surface area contributed by atoms with Crippen LogP contribution in [0.4, 0.5) is 4.39 Å². The lowest BCUT2D eigenvalue weighted by molar-refractivity contribution is 0.0728. The van der Waals surface area contributed by atoms with Gasteiger partial charge in [-0.25, -0.2) is 4.39 Å². The van der Waals surface area contributed by atoms with E-state index >= 15 is 0 Å². The van der Waals surface area contributed by atoms with E-state index in [-0.39, 0.29) is 17.5 Å². The molecule has 2 bridgehead atoms. The monoisotopic (exact) mass is 368 g/mol. The third kappa shape index (κ3) is 3.83. The van der Waals surface area contributed by atoms with Crippen LogP contribution >= 0.6 is 0 Å². The highest BCUT2D eigenvalue weighted by Gasteiger charge is 2.38. The predicted molar refractivity (Wildman–Crippen MR) is 102 cm³/mol. The maximum absolute atomic E-state index is 14.4. The van der Waals surface area contributed by atoms with E-state index in [4.69, 9.17) is 10.5 Å². The summed E-state index contributed by atoms with van der Waals surface area (Å²) in [7, 11) is 0. The van der Waals surface area contributed by atoms with E-state index in [0.717, 1.165) is 37.8 Å². The summed E-state index contributed by atoms with van der Waals surface area (Å²) in [5, 5.41) is 0. The van der Waals surface area contributed by atoms with Gasteiger partial charge in [0.25, 0.3) is 5.91 Å². The van der Waals surface area contributed by atoms with E-state index in [9.17, 15) is 9.18 Å². The molecule has 0 radical (unpaired) electrons. The van der Waals surface area contributed by atoms with Gasteiger partial charge in [0.2, 0.25) is 0 Å². The summed E-state index contributed by atoms with van der Waals surface area (Å²) >= 11 is 0. The summed E-state index contributed by atoms with van der Waals surface area (Å²) in [6.45, 7) is 1.35. The molecule has 1 aliphatic heterocycles. The van der Waals surface area contributed by atoms with Crippen LogP contribution in [0, 0.1) is 11.7 Å². The van der Waals surface area contributed by atoms with Gasteiger partial charge in [0.05, 0.1) is 5.56 Å². The fraction of sp³-hybridized carbons (Fsp3) is 0.409. The van der Waals surface area contributed by atoms with E-state index in [1.54, 1.807) is 6.07 Å². The summed E-state index contributed by atoms with van der Waals surface area (Å²) in [5.41, 5.74) is 6.80. The Bertz CT molecular complexity index is 822.